The number of nitrogens with zero attached hydrogens (tertiary/aromatic N) is 6. The van der Waals surface area contributed by atoms with Crippen LogP contribution < -0.4 is 9.64 Å². The molecular weight excluding hydrogens is 368 g/mol. The first-order valence-corrected chi connectivity index (χ1v) is 9.90. The third kappa shape index (κ3) is 3.56. The number of methoxy groups -OCH3 is 1. The standard InChI is InChI=1S/C21H24N6O2/c1-28-20-5-3-2-4-19(20)27-13-16(12-23-27)18-6-7-22-21(24-18)26-14-17(15-26)25-8-10-29-11-9-25/h2-7,12-13,17H,8-11,14-15H2,1H3. The second-order valence-electron chi connectivity index (χ2n) is 7.29. The number of benzene rings is 1. The van der Waals surface area contributed by atoms with E-state index in [-0.39, 0.29) is 0 Å². The van der Waals surface area contributed by atoms with Crippen LogP contribution in [0.3, 0.4) is 0 Å². The minimum atomic E-state index is 0.569. The highest BCUT2D eigenvalue weighted by molar-refractivity contribution is 5.60. The molecule has 5 rings (SSSR count). The van der Waals surface area contributed by atoms with Crippen LogP contribution in [-0.4, -0.2) is 77.2 Å². The van der Waals surface area contributed by atoms with Crippen molar-refractivity contribution in [3.05, 3.63) is 48.9 Å². The SMILES string of the molecule is COc1ccccc1-n1cc(-c2ccnc(N3CC(N4CCOCC4)C3)n2)cn1. The summed E-state index contributed by atoms with van der Waals surface area (Å²) in [6, 6.07) is 10.3. The predicted molar refractivity (Wildman–Crippen MR) is 110 cm³/mol. The van der Waals surface area contributed by atoms with Crippen molar-refractivity contribution in [3.63, 3.8) is 0 Å². The second-order valence-corrected chi connectivity index (χ2v) is 7.29. The van der Waals surface area contributed by atoms with Crippen molar-refractivity contribution in [2.24, 2.45) is 0 Å². The Balaban J connectivity index is 1.31. The molecule has 0 saturated carbocycles. The molecule has 4 heterocycles. The van der Waals surface area contributed by atoms with Gasteiger partial charge in [0.25, 0.3) is 0 Å². The van der Waals surface area contributed by atoms with Crippen molar-refractivity contribution in [1.82, 2.24) is 24.6 Å². The Morgan fingerprint density at radius 3 is 2.76 bits per heavy atom. The van der Waals surface area contributed by atoms with Crippen LogP contribution in [0.25, 0.3) is 16.9 Å². The van der Waals surface area contributed by atoms with E-state index < -0.39 is 0 Å². The van der Waals surface area contributed by atoms with E-state index >= 15 is 0 Å². The topological polar surface area (TPSA) is 68.5 Å². The number of anilines is 1. The molecule has 2 fully saturated rings. The fraction of sp³-hybridized carbons (Fsp3) is 0.381. The van der Waals surface area contributed by atoms with Gasteiger partial charge in [0.2, 0.25) is 5.95 Å². The van der Waals surface area contributed by atoms with Crippen molar-refractivity contribution in [1.29, 1.82) is 0 Å². The lowest BCUT2D eigenvalue weighted by Gasteiger charge is -2.46. The average molecular weight is 392 g/mol. The highest BCUT2D eigenvalue weighted by Gasteiger charge is 2.34. The van der Waals surface area contributed by atoms with Crippen molar-refractivity contribution in [2.45, 2.75) is 6.04 Å². The maximum Gasteiger partial charge on any atom is 0.225 e. The summed E-state index contributed by atoms with van der Waals surface area (Å²) in [6.07, 6.45) is 5.61. The molecule has 0 aliphatic carbocycles. The fourth-order valence-corrected chi connectivity index (χ4v) is 3.86. The summed E-state index contributed by atoms with van der Waals surface area (Å²) in [4.78, 5) is 14.0. The molecule has 8 heteroatoms. The monoisotopic (exact) mass is 392 g/mol. The maximum absolute atomic E-state index is 5.45. The first kappa shape index (κ1) is 18.1. The van der Waals surface area contributed by atoms with Crippen LogP contribution in [0, 0.1) is 0 Å². The van der Waals surface area contributed by atoms with Gasteiger partial charge in [0.15, 0.2) is 0 Å². The van der Waals surface area contributed by atoms with E-state index in [2.05, 4.69) is 19.9 Å². The van der Waals surface area contributed by atoms with E-state index in [1.807, 2.05) is 53.6 Å². The van der Waals surface area contributed by atoms with Crippen molar-refractivity contribution < 1.29 is 9.47 Å². The molecule has 0 bridgehead atoms. The molecule has 29 heavy (non-hydrogen) atoms. The summed E-state index contributed by atoms with van der Waals surface area (Å²) < 4.78 is 12.7. The summed E-state index contributed by atoms with van der Waals surface area (Å²) in [5.74, 6) is 1.55. The van der Waals surface area contributed by atoms with Gasteiger partial charge in [-0.2, -0.15) is 5.10 Å². The van der Waals surface area contributed by atoms with Crippen LogP contribution >= 0.6 is 0 Å². The second kappa shape index (κ2) is 7.81. The molecular formula is C21H24N6O2. The number of aromatic nitrogens is 4. The van der Waals surface area contributed by atoms with E-state index in [9.17, 15) is 0 Å². The predicted octanol–water partition coefficient (Wildman–Crippen LogP) is 1.86. The normalized spacial score (nSPS) is 17.9. The molecule has 2 saturated heterocycles. The van der Waals surface area contributed by atoms with Gasteiger partial charge >= 0.3 is 0 Å². The van der Waals surface area contributed by atoms with Crippen LogP contribution in [0.1, 0.15) is 0 Å². The molecule has 0 N–H and O–H groups in total. The van der Waals surface area contributed by atoms with Gasteiger partial charge in [0, 0.05) is 50.2 Å². The highest BCUT2D eigenvalue weighted by atomic mass is 16.5. The Morgan fingerprint density at radius 1 is 1.10 bits per heavy atom. The van der Waals surface area contributed by atoms with Gasteiger partial charge in [-0.05, 0) is 18.2 Å². The highest BCUT2D eigenvalue weighted by Crippen LogP contribution is 2.26. The molecule has 0 radical (unpaired) electrons. The number of hydrogen-bond donors (Lipinski definition) is 0. The number of ether oxygens (including phenoxy) is 2. The molecule has 150 valence electrons. The number of morpholine rings is 1. The third-order valence-electron chi connectivity index (χ3n) is 5.56. The van der Waals surface area contributed by atoms with Gasteiger partial charge in [0.1, 0.15) is 11.4 Å². The molecule has 3 aromatic rings. The van der Waals surface area contributed by atoms with Gasteiger partial charge in [-0.1, -0.05) is 12.1 Å². The Hall–Kier alpha value is -2.97. The molecule has 2 aromatic heterocycles. The first-order chi connectivity index (χ1) is 14.3. The molecule has 2 aliphatic heterocycles. The summed E-state index contributed by atoms with van der Waals surface area (Å²) in [5.41, 5.74) is 2.71. The van der Waals surface area contributed by atoms with Crippen LogP contribution in [0.2, 0.25) is 0 Å². The van der Waals surface area contributed by atoms with Crippen LogP contribution in [0.4, 0.5) is 5.95 Å². The minimum Gasteiger partial charge on any atom is -0.494 e. The lowest BCUT2D eigenvalue weighted by molar-refractivity contribution is 0.0103. The van der Waals surface area contributed by atoms with E-state index in [0.717, 1.165) is 68.0 Å². The summed E-state index contributed by atoms with van der Waals surface area (Å²) in [5, 5.41) is 4.50. The van der Waals surface area contributed by atoms with Crippen molar-refractivity contribution in [2.75, 3.05) is 51.4 Å². The van der Waals surface area contributed by atoms with Crippen LogP contribution in [-0.2, 0) is 4.74 Å². The Bertz CT molecular complexity index is 979. The molecule has 0 amide bonds. The maximum atomic E-state index is 5.45. The van der Waals surface area contributed by atoms with E-state index in [1.165, 1.54) is 0 Å². The lowest BCUT2D eigenvalue weighted by Crippen LogP contribution is -2.62. The van der Waals surface area contributed by atoms with E-state index in [1.54, 1.807) is 7.11 Å². The molecule has 0 atom stereocenters. The molecule has 2 aliphatic rings. The van der Waals surface area contributed by atoms with Gasteiger partial charge in [0.05, 0.1) is 32.2 Å². The first-order valence-electron chi connectivity index (χ1n) is 9.90. The zero-order valence-corrected chi connectivity index (χ0v) is 16.4. The van der Waals surface area contributed by atoms with E-state index in [0.29, 0.717) is 6.04 Å². The Morgan fingerprint density at radius 2 is 1.93 bits per heavy atom. The Labute approximate surface area is 169 Å². The van der Waals surface area contributed by atoms with E-state index in [4.69, 9.17) is 14.5 Å². The van der Waals surface area contributed by atoms with Crippen LogP contribution in [0.5, 0.6) is 5.75 Å². The van der Waals surface area contributed by atoms with Gasteiger partial charge in [-0.25, -0.2) is 14.6 Å². The smallest absolute Gasteiger partial charge is 0.225 e. The molecule has 1 aromatic carbocycles. The van der Waals surface area contributed by atoms with Crippen molar-refractivity contribution >= 4 is 5.95 Å². The molecule has 8 nitrogen and oxygen atoms in total. The third-order valence-corrected chi connectivity index (χ3v) is 5.56. The zero-order chi connectivity index (χ0) is 19.6. The minimum absolute atomic E-state index is 0.569. The van der Waals surface area contributed by atoms with Gasteiger partial charge < -0.3 is 14.4 Å². The van der Waals surface area contributed by atoms with Crippen molar-refractivity contribution in [3.8, 4) is 22.7 Å². The zero-order valence-electron chi connectivity index (χ0n) is 16.4. The number of para-hydroxylation sites is 2. The summed E-state index contributed by atoms with van der Waals surface area (Å²) in [7, 11) is 1.66. The molecule has 0 unspecified atom stereocenters. The summed E-state index contributed by atoms with van der Waals surface area (Å²) >= 11 is 0. The number of rotatable bonds is 5. The summed E-state index contributed by atoms with van der Waals surface area (Å²) in [6.45, 7) is 5.62. The van der Waals surface area contributed by atoms with Gasteiger partial charge in [-0.15, -0.1) is 0 Å². The quantitative estimate of drug-likeness (QED) is 0.656. The van der Waals surface area contributed by atoms with Crippen LogP contribution in [0.15, 0.2) is 48.9 Å². The Kier molecular flexibility index (Phi) is 4.87. The average Bonchev–Trinajstić information content (AvgIpc) is 3.24. The molecule has 0 spiro atoms. The van der Waals surface area contributed by atoms with Gasteiger partial charge in [-0.3, -0.25) is 4.90 Å². The largest absolute Gasteiger partial charge is 0.494 e. The lowest BCUT2D eigenvalue weighted by atomic mass is 10.1. The fourth-order valence-electron chi connectivity index (χ4n) is 3.86. The number of hydrogen-bond acceptors (Lipinski definition) is 7.